The molecule has 0 amide bonds. The first-order valence-corrected chi connectivity index (χ1v) is 6.97. The summed E-state index contributed by atoms with van der Waals surface area (Å²) in [5.41, 5.74) is 1.72. The van der Waals surface area contributed by atoms with E-state index in [4.69, 9.17) is 21.7 Å². The number of nitrogens with one attached hydrogen (secondary N) is 1. The second-order valence-electron chi connectivity index (χ2n) is 4.59. The van der Waals surface area contributed by atoms with Crippen LogP contribution < -0.4 is 14.8 Å². The van der Waals surface area contributed by atoms with E-state index in [2.05, 4.69) is 5.32 Å². The molecule has 1 atom stereocenters. The van der Waals surface area contributed by atoms with E-state index in [-0.39, 0.29) is 0 Å². The summed E-state index contributed by atoms with van der Waals surface area (Å²) in [5, 5.41) is 14.2. The maximum atomic E-state index is 10.4. The lowest BCUT2D eigenvalue weighted by molar-refractivity contribution is 0.122. The zero-order valence-electron chi connectivity index (χ0n) is 12.0. The van der Waals surface area contributed by atoms with Gasteiger partial charge >= 0.3 is 0 Å². The molecule has 0 fully saturated rings. The average Bonchev–Trinajstić information content (AvgIpc) is 2.46. The number of β-amino-alcohol motifs (C(OH)–C–C–N with tert-alkyl or cyclic N) is 1. The molecule has 0 unspecified atom stereocenters. The lowest BCUT2D eigenvalue weighted by Crippen LogP contribution is -2.44. The van der Waals surface area contributed by atoms with Crippen molar-refractivity contribution in [2.75, 3.05) is 27.3 Å². The van der Waals surface area contributed by atoms with Crippen molar-refractivity contribution in [3.63, 3.8) is 0 Å². The lowest BCUT2D eigenvalue weighted by atomic mass is 9.95. The molecule has 0 spiro atoms. The van der Waals surface area contributed by atoms with E-state index in [9.17, 15) is 5.11 Å². The SMILES string of the molecule is CCNC(=S)N1Cc2c(OC)ccc(OC)c2[C@H](O)C1. The smallest absolute Gasteiger partial charge is 0.169 e. The first-order chi connectivity index (χ1) is 9.62. The second kappa shape index (κ2) is 6.28. The number of nitrogens with zero attached hydrogens (tertiary/aromatic N) is 1. The van der Waals surface area contributed by atoms with Gasteiger partial charge in [0.2, 0.25) is 0 Å². The number of aliphatic hydroxyl groups is 1. The molecule has 0 bridgehead atoms. The quantitative estimate of drug-likeness (QED) is 0.824. The minimum Gasteiger partial charge on any atom is -0.496 e. The first-order valence-electron chi connectivity index (χ1n) is 6.56. The summed E-state index contributed by atoms with van der Waals surface area (Å²) in [6.45, 7) is 3.79. The maximum absolute atomic E-state index is 10.4. The minimum absolute atomic E-state index is 0.447. The van der Waals surface area contributed by atoms with E-state index in [0.717, 1.165) is 23.4 Å². The van der Waals surface area contributed by atoms with Gasteiger partial charge in [0.05, 0.1) is 20.8 Å². The number of benzene rings is 1. The monoisotopic (exact) mass is 296 g/mol. The Bertz CT molecular complexity index is 507. The van der Waals surface area contributed by atoms with Crippen molar-refractivity contribution < 1.29 is 14.6 Å². The average molecular weight is 296 g/mol. The van der Waals surface area contributed by atoms with Gasteiger partial charge in [-0.15, -0.1) is 0 Å². The topological polar surface area (TPSA) is 54.0 Å². The molecule has 0 radical (unpaired) electrons. The van der Waals surface area contributed by atoms with Crippen molar-refractivity contribution in [3.8, 4) is 11.5 Å². The highest BCUT2D eigenvalue weighted by molar-refractivity contribution is 7.80. The van der Waals surface area contributed by atoms with Gasteiger partial charge in [0, 0.05) is 24.2 Å². The van der Waals surface area contributed by atoms with Gasteiger partial charge in [-0.3, -0.25) is 0 Å². The van der Waals surface area contributed by atoms with E-state index in [0.29, 0.717) is 24.0 Å². The summed E-state index contributed by atoms with van der Waals surface area (Å²) in [6, 6.07) is 3.67. The van der Waals surface area contributed by atoms with Gasteiger partial charge in [-0.2, -0.15) is 0 Å². The standard InChI is InChI=1S/C14H20N2O3S/c1-4-15-14(20)16-7-9-11(18-2)5-6-12(19-3)13(9)10(17)8-16/h5-6,10,17H,4,7-8H2,1-3H3,(H,15,20)/t10-/m1/s1. The summed E-state index contributed by atoms with van der Waals surface area (Å²) < 4.78 is 10.7. The van der Waals surface area contributed by atoms with Crippen molar-refractivity contribution in [1.29, 1.82) is 0 Å². The zero-order valence-corrected chi connectivity index (χ0v) is 12.8. The molecule has 0 aromatic heterocycles. The Labute approximate surface area is 124 Å². The molecule has 1 aromatic rings. The van der Waals surface area contributed by atoms with Crippen molar-refractivity contribution in [3.05, 3.63) is 23.3 Å². The largest absolute Gasteiger partial charge is 0.496 e. The molecule has 0 saturated heterocycles. The Morgan fingerprint density at radius 3 is 2.65 bits per heavy atom. The highest BCUT2D eigenvalue weighted by Gasteiger charge is 2.30. The van der Waals surface area contributed by atoms with Crippen molar-refractivity contribution in [2.45, 2.75) is 19.6 Å². The Balaban J connectivity index is 2.40. The number of hydrogen-bond donors (Lipinski definition) is 2. The number of aliphatic hydroxyl groups excluding tert-OH is 1. The molecular formula is C14H20N2O3S. The van der Waals surface area contributed by atoms with Crippen LogP contribution in [0.25, 0.3) is 0 Å². The van der Waals surface area contributed by atoms with E-state index >= 15 is 0 Å². The molecular weight excluding hydrogens is 276 g/mol. The Morgan fingerprint density at radius 2 is 2.05 bits per heavy atom. The fourth-order valence-corrected chi connectivity index (χ4v) is 2.78. The number of thiocarbonyl (C=S) groups is 1. The molecule has 0 saturated carbocycles. The van der Waals surface area contributed by atoms with Crippen LogP contribution in [0.1, 0.15) is 24.2 Å². The van der Waals surface area contributed by atoms with Crippen LogP contribution in [0.2, 0.25) is 0 Å². The number of rotatable bonds is 3. The van der Waals surface area contributed by atoms with Crippen molar-refractivity contribution in [1.82, 2.24) is 10.2 Å². The fraction of sp³-hybridized carbons (Fsp3) is 0.500. The first kappa shape index (κ1) is 14.9. The van der Waals surface area contributed by atoms with Gasteiger partial charge in [-0.05, 0) is 31.3 Å². The third-order valence-corrected chi connectivity index (χ3v) is 3.81. The van der Waals surface area contributed by atoms with Crippen molar-refractivity contribution in [2.24, 2.45) is 0 Å². The van der Waals surface area contributed by atoms with Crippen LogP contribution in [0.15, 0.2) is 12.1 Å². The molecule has 6 heteroatoms. The third kappa shape index (κ3) is 2.66. The van der Waals surface area contributed by atoms with Crippen LogP contribution in [-0.4, -0.2) is 42.4 Å². The van der Waals surface area contributed by atoms with Crippen LogP contribution in [0.5, 0.6) is 11.5 Å². The fourth-order valence-electron chi connectivity index (χ4n) is 2.49. The molecule has 1 aromatic carbocycles. The summed E-state index contributed by atoms with van der Waals surface area (Å²) in [5.74, 6) is 1.42. The number of ether oxygens (including phenoxy) is 2. The van der Waals surface area contributed by atoms with Gasteiger partial charge in [-0.1, -0.05) is 0 Å². The van der Waals surface area contributed by atoms with E-state index in [1.165, 1.54) is 0 Å². The predicted octanol–water partition coefficient (Wildman–Crippen LogP) is 1.45. The van der Waals surface area contributed by atoms with Gasteiger partial charge in [0.1, 0.15) is 17.6 Å². The summed E-state index contributed by atoms with van der Waals surface area (Å²) in [4.78, 5) is 1.94. The summed E-state index contributed by atoms with van der Waals surface area (Å²) in [6.07, 6.45) is -0.652. The second-order valence-corrected chi connectivity index (χ2v) is 4.98. The highest BCUT2D eigenvalue weighted by atomic mass is 32.1. The van der Waals surface area contributed by atoms with Gasteiger partial charge in [-0.25, -0.2) is 0 Å². The third-order valence-electron chi connectivity index (χ3n) is 3.40. The molecule has 2 rings (SSSR count). The van der Waals surface area contributed by atoms with Crippen LogP contribution >= 0.6 is 12.2 Å². The molecule has 1 heterocycles. The molecule has 1 aliphatic rings. The van der Waals surface area contributed by atoms with Crippen LogP contribution in [-0.2, 0) is 6.54 Å². The van der Waals surface area contributed by atoms with Crippen LogP contribution in [0, 0.1) is 0 Å². The molecule has 1 aliphatic heterocycles. The number of fused-ring (bicyclic) bond motifs is 1. The Morgan fingerprint density at radius 1 is 1.40 bits per heavy atom. The number of hydrogen-bond acceptors (Lipinski definition) is 4. The molecule has 0 aliphatic carbocycles. The normalized spacial score (nSPS) is 17.4. The molecule has 2 N–H and O–H groups in total. The Hall–Kier alpha value is -1.53. The Kier molecular flexibility index (Phi) is 4.67. The lowest BCUT2D eigenvalue weighted by Gasteiger charge is -2.35. The molecule has 5 nitrogen and oxygen atoms in total. The van der Waals surface area contributed by atoms with E-state index < -0.39 is 6.10 Å². The predicted molar refractivity (Wildman–Crippen MR) is 81.2 cm³/mol. The van der Waals surface area contributed by atoms with Gasteiger partial charge in [0.15, 0.2) is 5.11 Å². The summed E-state index contributed by atoms with van der Waals surface area (Å²) >= 11 is 5.33. The van der Waals surface area contributed by atoms with Crippen LogP contribution in [0.4, 0.5) is 0 Å². The molecule has 110 valence electrons. The van der Waals surface area contributed by atoms with E-state index in [1.54, 1.807) is 14.2 Å². The maximum Gasteiger partial charge on any atom is 0.169 e. The van der Waals surface area contributed by atoms with Crippen LogP contribution in [0.3, 0.4) is 0 Å². The highest BCUT2D eigenvalue weighted by Crippen LogP contribution is 2.39. The van der Waals surface area contributed by atoms with Gasteiger partial charge < -0.3 is 24.8 Å². The van der Waals surface area contributed by atoms with E-state index in [1.807, 2.05) is 24.0 Å². The summed E-state index contributed by atoms with van der Waals surface area (Å²) in [7, 11) is 3.22. The number of methoxy groups -OCH3 is 2. The minimum atomic E-state index is -0.652. The zero-order chi connectivity index (χ0) is 14.7. The molecule has 20 heavy (non-hydrogen) atoms. The van der Waals surface area contributed by atoms with Gasteiger partial charge in [0.25, 0.3) is 0 Å². The van der Waals surface area contributed by atoms with Crippen molar-refractivity contribution >= 4 is 17.3 Å².